The van der Waals surface area contributed by atoms with Crippen molar-refractivity contribution in [1.82, 2.24) is 10.3 Å². The van der Waals surface area contributed by atoms with Gasteiger partial charge in [0.1, 0.15) is 5.84 Å². The predicted octanol–water partition coefficient (Wildman–Crippen LogP) is 5.01. The van der Waals surface area contributed by atoms with Crippen molar-refractivity contribution in [3.05, 3.63) is 59.7 Å². The van der Waals surface area contributed by atoms with Crippen molar-refractivity contribution in [3.8, 4) is 11.3 Å². The Labute approximate surface area is 154 Å². The van der Waals surface area contributed by atoms with Gasteiger partial charge >= 0.3 is 6.18 Å². The molecule has 0 spiro atoms. The number of amidine groups is 1. The number of hydrogen-bond acceptors (Lipinski definition) is 2. The van der Waals surface area contributed by atoms with Crippen molar-refractivity contribution >= 4 is 29.1 Å². The third-order valence-electron chi connectivity index (χ3n) is 4.35. The minimum Gasteiger partial charge on any atom is -0.365 e. The standard InChI is InChI=1S/C19H16F3N3.ClH/c1-11-10-23-18(24-11)16-13-7-3-5-9-15(13)25-17(16)12-6-2-4-8-14(12)19(20,21)22;/h2-9,11,25H,10H2,1H3,(H,23,24);1H. The monoisotopic (exact) mass is 379 g/mol. The molecule has 1 aliphatic heterocycles. The van der Waals surface area contributed by atoms with Crippen LogP contribution in [0.3, 0.4) is 0 Å². The summed E-state index contributed by atoms with van der Waals surface area (Å²) in [5.74, 6) is 0.636. The molecule has 0 aliphatic carbocycles. The van der Waals surface area contributed by atoms with E-state index in [9.17, 15) is 13.2 Å². The number of H-pyrrole nitrogens is 1. The van der Waals surface area contributed by atoms with E-state index in [-0.39, 0.29) is 24.0 Å². The van der Waals surface area contributed by atoms with Crippen molar-refractivity contribution in [3.63, 3.8) is 0 Å². The van der Waals surface area contributed by atoms with Gasteiger partial charge in [0.15, 0.2) is 0 Å². The lowest BCUT2D eigenvalue weighted by molar-refractivity contribution is -0.137. The molecule has 3 nitrogen and oxygen atoms in total. The smallest absolute Gasteiger partial charge is 0.365 e. The van der Waals surface area contributed by atoms with Crippen LogP contribution < -0.4 is 5.32 Å². The van der Waals surface area contributed by atoms with Gasteiger partial charge in [-0.25, -0.2) is 0 Å². The highest BCUT2D eigenvalue weighted by Crippen LogP contribution is 2.39. The topological polar surface area (TPSA) is 40.2 Å². The fraction of sp³-hybridized carbons (Fsp3) is 0.211. The zero-order chi connectivity index (χ0) is 17.6. The Bertz CT molecular complexity index is 976. The van der Waals surface area contributed by atoms with Gasteiger partial charge in [0.05, 0.1) is 17.8 Å². The number of benzene rings is 2. The Kier molecular flexibility index (Phi) is 4.71. The second-order valence-electron chi connectivity index (χ2n) is 6.20. The van der Waals surface area contributed by atoms with Crippen LogP contribution in [0.25, 0.3) is 22.2 Å². The molecule has 0 saturated heterocycles. The Morgan fingerprint density at radius 1 is 1.04 bits per heavy atom. The van der Waals surface area contributed by atoms with Crippen LogP contribution in [0.2, 0.25) is 0 Å². The normalized spacial score (nSPS) is 16.9. The number of halogens is 4. The largest absolute Gasteiger partial charge is 0.417 e. The number of nitrogens with one attached hydrogen (secondary N) is 2. The van der Waals surface area contributed by atoms with Gasteiger partial charge in [0, 0.05) is 28.1 Å². The van der Waals surface area contributed by atoms with Gasteiger partial charge in [0.2, 0.25) is 0 Å². The Morgan fingerprint density at radius 3 is 2.42 bits per heavy atom. The zero-order valence-electron chi connectivity index (χ0n) is 13.9. The number of aliphatic imine (C=N–C) groups is 1. The van der Waals surface area contributed by atoms with E-state index in [2.05, 4.69) is 15.3 Å². The molecular weight excluding hydrogens is 363 g/mol. The van der Waals surface area contributed by atoms with Crippen LogP contribution in [0.4, 0.5) is 13.2 Å². The van der Waals surface area contributed by atoms with Crippen LogP contribution in [-0.4, -0.2) is 23.4 Å². The molecule has 0 saturated carbocycles. The first-order valence-electron chi connectivity index (χ1n) is 8.04. The van der Waals surface area contributed by atoms with Crippen molar-refractivity contribution in [2.45, 2.75) is 19.1 Å². The van der Waals surface area contributed by atoms with E-state index >= 15 is 0 Å². The van der Waals surface area contributed by atoms with Crippen LogP contribution in [0, 0.1) is 0 Å². The molecule has 3 aromatic rings. The SMILES string of the molecule is CC1CN=C(c2c(-c3ccccc3C(F)(F)F)[nH]c3ccccc23)N1.Cl. The highest BCUT2D eigenvalue weighted by molar-refractivity contribution is 6.15. The van der Waals surface area contributed by atoms with Crippen LogP contribution >= 0.6 is 12.4 Å². The molecule has 0 bridgehead atoms. The number of aromatic nitrogens is 1. The van der Waals surface area contributed by atoms with Gasteiger partial charge in [-0.15, -0.1) is 12.4 Å². The number of hydrogen-bond donors (Lipinski definition) is 2. The van der Waals surface area contributed by atoms with E-state index in [1.54, 1.807) is 6.07 Å². The molecule has 0 fully saturated rings. The maximum Gasteiger partial charge on any atom is 0.417 e. The van der Waals surface area contributed by atoms with Gasteiger partial charge in [-0.1, -0.05) is 36.4 Å². The highest BCUT2D eigenvalue weighted by Gasteiger charge is 2.35. The van der Waals surface area contributed by atoms with E-state index < -0.39 is 11.7 Å². The number of rotatable bonds is 2. The molecule has 2 aromatic carbocycles. The fourth-order valence-electron chi connectivity index (χ4n) is 3.24. The third-order valence-corrected chi connectivity index (χ3v) is 4.35. The zero-order valence-corrected chi connectivity index (χ0v) is 14.7. The van der Waals surface area contributed by atoms with E-state index in [0.717, 1.165) is 17.0 Å². The van der Waals surface area contributed by atoms with Crippen molar-refractivity contribution in [1.29, 1.82) is 0 Å². The summed E-state index contributed by atoms with van der Waals surface area (Å²) in [6.45, 7) is 2.60. The molecule has 1 unspecified atom stereocenters. The highest BCUT2D eigenvalue weighted by atomic mass is 35.5. The lowest BCUT2D eigenvalue weighted by Crippen LogP contribution is -2.28. The van der Waals surface area contributed by atoms with Gasteiger partial charge in [-0.05, 0) is 19.1 Å². The summed E-state index contributed by atoms with van der Waals surface area (Å²) in [6, 6.07) is 13.3. The Morgan fingerprint density at radius 2 is 1.73 bits per heavy atom. The summed E-state index contributed by atoms with van der Waals surface area (Å²) in [4.78, 5) is 7.66. The first-order valence-corrected chi connectivity index (χ1v) is 8.04. The molecule has 4 rings (SSSR count). The van der Waals surface area contributed by atoms with Gasteiger partial charge in [0.25, 0.3) is 0 Å². The molecule has 26 heavy (non-hydrogen) atoms. The van der Waals surface area contributed by atoms with Crippen molar-refractivity contribution < 1.29 is 13.2 Å². The first-order chi connectivity index (χ1) is 11.9. The third kappa shape index (κ3) is 3.05. The van der Waals surface area contributed by atoms with Crippen molar-refractivity contribution in [2.75, 3.05) is 6.54 Å². The maximum absolute atomic E-state index is 13.5. The van der Waals surface area contributed by atoms with E-state index in [0.29, 0.717) is 23.6 Å². The molecular formula is C19H17ClF3N3. The minimum absolute atomic E-state index is 0. The summed E-state index contributed by atoms with van der Waals surface area (Å²) >= 11 is 0. The number of para-hydroxylation sites is 1. The van der Waals surface area contributed by atoms with Crippen molar-refractivity contribution in [2.24, 2.45) is 4.99 Å². The lowest BCUT2D eigenvalue weighted by atomic mass is 9.99. The number of aromatic amines is 1. The summed E-state index contributed by atoms with van der Waals surface area (Å²) in [5.41, 5.74) is 1.39. The molecule has 0 amide bonds. The molecule has 2 heterocycles. The average Bonchev–Trinajstić information content (AvgIpc) is 3.17. The fourth-order valence-corrected chi connectivity index (χ4v) is 3.24. The average molecular weight is 380 g/mol. The van der Waals surface area contributed by atoms with Gasteiger partial charge in [-0.2, -0.15) is 13.2 Å². The summed E-state index contributed by atoms with van der Waals surface area (Å²) in [5, 5.41) is 4.12. The second kappa shape index (κ2) is 6.68. The molecule has 0 radical (unpaired) electrons. The molecule has 2 N–H and O–H groups in total. The van der Waals surface area contributed by atoms with E-state index in [1.807, 2.05) is 31.2 Å². The predicted molar refractivity (Wildman–Crippen MR) is 100.0 cm³/mol. The summed E-state index contributed by atoms with van der Waals surface area (Å²) in [6.07, 6.45) is -4.43. The van der Waals surface area contributed by atoms with E-state index in [1.165, 1.54) is 12.1 Å². The number of nitrogens with zero attached hydrogens (tertiary/aromatic N) is 1. The number of fused-ring (bicyclic) bond motifs is 1. The van der Waals surface area contributed by atoms with Crippen LogP contribution in [-0.2, 0) is 6.18 Å². The van der Waals surface area contributed by atoms with Gasteiger partial charge in [-0.3, -0.25) is 4.99 Å². The first kappa shape index (κ1) is 18.3. The van der Waals surface area contributed by atoms with E-state index in [4.69, 9.17) is 0 Å². The minimum atomic E-state index is -4.43. The maximum atomic E-state index is 13.5. The Hall–Kier alpha value is -2.47. The molecule has 1 aliphatic rings. The molecule has 1 aromatic heterocycles. The lowest BCUT2D eigenvalue weighted by Gasteiger charge is -2.14. The van der Waals surface area contributed by atoms with Crippen LogP contribution in [0.15, 0.2) is 53.5 Å². The molecule has 7 heteroatoms. The number of alkyl halides is 3. The summed E-state index contributed by atoms with van der Waals surface area (Å²) < 4.78 is 40.5. The molecule has 136 valence electrons. The molecule has 1 atom stereocenters. The quantitative estimate of drug-likeness (QED) is 0.645. The second-order valence-corrected chi connectivity index (χ2v) is 6.20. The van der Waals surface area contributed by atoms with Crippen LogP contribution in [0.1, 0.15) is 18.1 Å². The summed E-state index contributed by atoms with van der Waals surface area (Å²) in [7, 11) is 0. The van der Waals surface area contributed by atoms with Gasteiger partial charge < -0.3 is 10.3 Å². The van der Waals surface area contributed by atoms with Crippen LogP contribution in [0.5, 0.6) is 0 Å². The Balaban J connectivity index is 0.00000196.